The number of halogens is 2. The standard InChI is InChI=1S/C26H24ClFN4O3S/c1-2-16-31(36(34,35)23-14-10-21(28)11-15-23)18-26(33)29-25-17-24(19-6-4-3-5-7-19)30-32(25)22-12-8-20(27)9-13-22/h3-15,17H,2,16,18H2,1H3,(H,29,33). The van der Waals surface area contributed by atoms with E-state index in [0.29, 0.717) is 28.6 Å². The van der Waals surface area contributed by atoms with Crippen LogP contribution in [0.15, 0.2) is 89.8 Å². The molecule has 10 heteroatoms. The lowest BCUT2D eigenvalue weighted by Gasteiger charge is -2.21. The van der Waals surface area contributed by atoms with Crippen LogP contribution in [0.2, 0.25) is 5.02 Å². The van der Waals surface area contributed by atoms with Gasteiger partial charge in [-0.1, -0.05) is 48.9 Å². The molecule has 0 saturated heterocycles. The van der Waals surface area contributed by atoms with E-state index in [-0.39, 0.29) is 11.4 Å². The highest BCUT2D eigenvalue weighted by Gasteiger charge is 2.26. The van der Waals surface area contributed by atoms with Crippen LogP contribution in [0.3, 0.4) is 0 Å². The zero-order chi connectivity index (χ0) is 25.7. The zero-order valence-electron chi connectivity index (χ0n) is 19.4. The van der Waals surface area contributed by atoms with Crippen LogP contribution in [0.4, 0.5) is 10.2 Å². The van der Waals surface area contributed by atoms with Crippen LogP contribution in [0, 0.1) is 5.82 Å². The number of hydrogen-bond acceptors (Lipinski definition) is 4. The van der Waals surface area contributed by atoms with Gasteiger partial charge in [0, 0.05) is 23.2 Å². The number of aromatic nitrogens is 2. The van der Waals surface area contributed by atoms with Crippen molar-refractivity contribution in [1.29, 1.82) is 0 Å². The molecule has 0 aliphatic heterocycles. The molecule has 0 fully saturated rings. The van der Waals surface area contributed by atoms with E-state index in [1.54, 1.807) is 35.0 Å². The minimum absolute atomic E-state index is 0.0808. The maximum Gasteiger partial charge on any atom is 0.243 e. The van der Waals surface area contributed by atoms with Gasteiger partial charge < -0.3 is 5.32 Å². The molecule has 0 atom stereocenters. The summed E-state index contributed by atoms with van der Waals surface area (Å²) >= 11 is 6.03. The minimum atomic E-state index is -4.00. The molecule has 0 bridgehead atoms. The molecule has 1 amide bonds. The van der Waals surface area contributed by atoms with E-state index in [1.165, 1.54) is 12.1 Å². The number of sulfonamides is 1. The zero-order valence-corrected chi connectivity index (χ0v) is 21.0. The average molecular weight is 527 g/mol. The fourth-order valence-electron chi connectivity index (χ4n) is 3.63. The summed E-state index contributed by atoms with van der Waals surface area (Å²) in [5.41, 5.74) is 2.15. The van der Waals surface area contributed by atoms with Gasteiger partial charge >= 0.3 is 0 Å². The predicted molar refractivity (Wildman–Crippen MR) is 138 cm³/mol. The Kier molecular flexibility index (Phi) is 7.83. The van der Waals surface area contributed by atoms with Crippen molar-refractivity contribution < 1.29 is 17.6 Å². The Hall–Kier alpha value is -3.53. The van der Waals surface area contributed by atoms with Crippen molar-refractivity contribution in [3.8, 4) is 16.9 Å². The van der Waals surface area contributed by atoms with Crippen LogP contribution in [0.25, 0.3) is 16.9 Å². The molecule has 7 nitrogen and oxygen atoms in total. The molecule has 0 radical (unpaired) electrons. The second-order valence-electron chi connectivity index (χ2n) is 8.01. The fourth-order valence-corrected chi connectivity index (χ4v) is 5.25. The van der Waals surface area contributed by atoms with E-state index >= 15 is 0 Å². The lowest BCUT2D eigenvalue weighted by atomic mass is 10.2. The highest BCUT2D eigenvalue weighted by atomic mass is 35.5. The van der Waals surface area contributed by atoms with Gasteiger partial charge in [-0.2, -0.15) is 9.40 Å². The molecule has 3 aromatic carbocycles. The van der Waals surface area contributed by atoms with Crippen molar-refractivity contribution in [2.45, 2.75) is 18.2 Å². The minimum Gasteiger partial charge on any atom is -0.309 e. The van der Waals surface area contributed by atoms with E-state index in [2.05, 4.69) is 10.4 Å². The topological polar surface area (TPSA) is 84.3 Å². The van der Waals surface area contributed by atoms with Crippen molar-refractivity contribution >= 4 is 33.3 Å². The molecule has 4 rings (SSSR count). The number of amides is 1. The average Bonchev–Trinajstić information content (AvgIpc) is 3.28. The molecule has 1 aromatic heterocycles. The van der Waals surface area contributed by atoms with Crippen LogP contribution in [0.1, 0.15) is 13.3 Å². The largest absolute Gasteiger partial charge is 0.309 e. The van der Waals surface area contributed by atoms with Crippen molar-refractivity contribution in [1.82, 2.24) is 14.1 Å². The number of hydrogen-bond donors (Lipinski definition) is 1. The second-order valence-corrected chi connectivity index (χ2v) is 10.4. The highest BCUT2D eigenvalue weighted by molar-refractivity contribution is 7.89. The van der Waals surface area contributed by atoms with Crippen molar-refractivity contribution in [3.05, 3.63) is 95.8 Å². The van der Waals surface area contributed by atoms with Gasteiger partial charge in [-0.15, -0.1) is 0 Å². The molecule has 0 spiro atoms. The molecule has 0 saturated carbocycles. The molecule has 4 aromatic rings. The molecule has 186 valence electrons. The molecule has 0 aliphatic carbocycles. The molecule has 1 N–H and O–H groups in total. The van der Waals surface area contributed by atoms with Gasteiger partial charge in [0.1, 0.15) is 11.6 Å². The second kappa shape index (κ2) is 11.0. The van der Waals surface area contributed by atoms with E-state index in [4.69, 9.17) is 11.6 Å². The SMILES string of the molecule is CCCN(CC(=O)Nc1cc(-c2ccccc2)nn1-c1ccc(Cl)cc1)S(=O)(=O)c1ccc(F)cc1. The van der Waals surface area contributed by atoms with Gasteiger partial charge in [-0.3, -0.25) is 4.79 Å². The Balaban J connectivity index is 1.63. The molecule has 0 aliphatic rings. The number of nitrogens with one attached hydrogen (secondary N) is 1. The van der Waals surface area contributed by atoms with Gasteiger partial charge in [-0.25, -0.2) is 17.5 Å². The van der Waals surface area contributed by atoms with Gasteiger partial charge in [0.15, 0.2) is 0 Å². The van der Waals surface area contributed by atoms with Gasteiger partial charge in [-0.05, 0) is 55.0 Å². The van der Waals surface area contributed by atoms with Crippen LogP contribution in [-0.4, -0.2) is 41.5 Å². The van der Waals surface area contributed by atoms with E-state index < -0.39 is 28.3 Å². The van der Waals surface area contributed by atoms with Crippen LogP contribution >= 0.6 is 11.6 Å². The Morgan fingerprint density at radius 3 is 2.33 bits per heavy atom. The maximum absolute atomic E-state index is 13.3. The lowest BCUT2D eigenvalue weighted by molar-refractivity contribution is -0.116. The first-order chi connectivity index (χ1) is 17.3. The number of nitrogens with zero attached hydrogens (tertiary/aromatic N) is 3. The quantitative estimate of drug-likeness (QED) is 0.318. The van der Waals surface area contributed by atoms with Gasteiger partial charge in [0.25, 0.3) is 0 Å². The predicted octanol–water partition coefficient (Wildman–Crippen LogP) is 5.37. The summed E-state index contributed by atoms with van der Waals surface area (Å²) in [7, 11) is -4.00. The first kappa shape index (κ1) is 25.6. The summed E-state index contributed by atoms with van der Waals surface area (Å²) in [6.45, 7) is 1.52. The third-order valence-corrected chi connectivity index (χ3v) is 7.47. The van der Waals surface area contributed by atoms with E-state index in [0.717, 1.165) is 22.0 Å². The number of rotatable bonds is 9. The van der Waals surface area contributed by atoms with Crippen LogP contribution in [0.5, 0.6) is 0 Å². The molecular formula is C26H24ClFN4O3S. The fraction of sp³-hybridized carbons (Fsp3) is 0.154. The first-order valence-corrected chi connectivity index (χ1v) is 13.1. The highest BCUT2D eigenvalue weighted by Crippen LogP contribution is 2.26. The van der Waals surface area contributed by atoms with E-state index in [9.17, 15) is 17.6 Å². The number of carbonyl (C=O) groups excluding carboxylic acids is 1. The third kappa shape index (κ3) is 5.81. The Morgan fingerprint density at radius 1 is 1.03 bits per heavy atom. The van der Waals surface area contributed by atoms with Crippen molar-refractivity contribution in [2.75, 3.05) is 18.4 Å². The first-order valence-electron chi connectivity index (χ1n) is 11.2. The Bertz CT molecular complexity index is 1440. The van der Waals surface area contributed by atoms with Crippen molar-refractivity contribution in [2.24, 2.45) is 0 Å². The molecule has 1 heterocycles. The number of benzene rings is 3. The lowest BCUT2D eigenvalue weighted by Crippen LogP contribution is -2.38. The van der Waals surface area contributed by atoms with E-state index in [1.807, 2.05) is 37.3 Å². The normalized spacial score (nSPS) is 11.6. The summed E-state index contributed by atoms with van der Waals surface area (Å²) in [6, 6.07) is 22.7. The monoisotopic (exact) mass is 526 g/mol. The van der Waals surface area contributed by atoms with Gasteiger partial charge in [0.05, 0.1) is 22.8 Å². The Labute approximate surface area is 214 Å². The number of carbonyl (C=O) groups is 1. The molecular weight excluding hydrogens is 503 g/mol. The molecule has 36 heavy (non-hydrogen) atoms. The Morgan fingerprint density at radius 2 is 1.69 bits per heavy atom. The summed E-state index contributed by atoms with van der Waals surface area (Å²) in [5, 5.41) is 8.00. The smallest absolute Gasteiger partial charge is 0.243 e. The van der Waals surface area contributed by atoms with Gasteiger partial charge in [0.2, 0.25) is 15.9 Å². The number of anilines is 1. The summed E-state index contributed by atoms with van der Waals surface area (Å²) < 4.78 is 42.2. The summed E-state index contributed by atoms with van der Waals surface area (Å²) in [4.78, 5) is 13.0. The summed E-state index contributed by atoms with van der Waals surface area (Å²) in [5.74, 6) is -0.709. The third-order valence-electron chi connectivity index (χ3n) is 5.36. The van der Waals surface area contributed by atoms with Crippen LogP contribution < -0.4 is 5.32 Å². The summed E-state index contributed by atoms with van der Waals surface area (Å²) in [6.07, 6.45) is 0.495. The van der Waals surface area contributed by atoms with Crippen molar-refractivity contribution in [3.63, 3.8) is 0 Å². The molecule has 0 unspecified atom stereocenters. The maximum atomic E-state index is 13.3. The van der Waals surface area contributed by atoms with Crippen LogP contribution in [-0.2, 0) is 14.8 Å².